The van der Waals surface area contributed by atoms with Gasteiger partial charge in [-0.1, -0.05) is 37.4 Å². The predicted molar refractivity (Wildman–Crippen MR) is 114 cm³/mol. The molecule has 0 aliphatic heterocycles. The Kier molecular flexibility index (Phi) is 7.00. The summed E-state index contributed by atoms with van der Waals surface area (Å²) in [6.07, 6.45) is 3.76. The number of carbonyl (C=O) groups is 1. The smallest absolute Gasteiger partial charge is 0.255 e. The van der Waals surface area contributed by atoms with Crippen molar-refractivity contribution in [2.75, 3.05) is 12.4 Å². The van der Waals surface area contributed by atoms with Gasteiger partial charge in [-0.3, -0.25) is 4.79 Å². The van der Waals surface area contributed by atoms with Crippen molar-refractivity contribution in [3.63, 3.8) is 0 Å². The van der Waals surface area contributed by atoms with Gasteiger partial charge < -0.3 is 10.1 Å². The van der Waals surface area contributed by atoms with Crippen LogP contribution in [0.2, 0.25) is 5.02 Å². The van der Waals surface area contributed by atoms with Crippen molar-refractivity contribution in [1.29, 1.82) is 0 Å². The molecule has 0 radical (unpaired) electrons. The molecule has 1 saturated carbocycles. The van der Waals surface area contributed by atoms with Crippen molar-refractivity contribution in [2.24, 2.45) is 5.92 Å². The molecule has 2 atom stereocenters. The molecule has 2 unspecified atom stereocenters. The third kappa shape index (κ3) is 4.94. The number of hydrogen-bond acceptors (Lipinski definition) is 4. The van der Waals surface area contributed by atoms with Crippen molar-refractivity contribution < 1.29 is 22.3 Å². The summed E-state index contributed by atoms with van der Waals surface area (Å²) in [7, 11) is -2.57. The third-order valence-corrected chi connectivity index (χ3v) is 7.14. The highest BCUT2D eigenvalue weighted by molar-refractivity contribution is 7.89. The monoisotopic (exact) mass is 454 g/mol. The summed E-state index contributed by atoms with van der Waals surface area (Å²) in [6, 6.07) is 8.11. The summed E-state index contributed by atoms with van der Waals surface area (Å²) in [5.41, 5.74) is -0.0471. The number of anilines is 1. The van der Waals surface area contributed by atoms with Crippen molar-refractivity contribution in [1.82, 2.24) is 4.72 Å². The maximum absolute atomic E-state index is 14.1. The molecule has 0 heterocycles. The number of halogens is 2. The summed E-state index contributed by atoms with van der Waals surface area (Å²) in [5.74, 6) is -1.09. The van der Waals surface area contributed by atoms with Crippen LogP contribution in [0.15, 0.2) is 41.3 Å². The number of sulfonamides is 1. The number of amides is 1. The summed E-state index contributed by atoms with van der Waals surface area (Å²) in [5, 5.41) is 2.29. The lowest BCUT2D eigenvalue weighted by Crippen LogP contribution is -2.41. The molecule has 2 aromatic carbocycles. The number of carbonyl (C=O) groups excluding carboxylic acids is 1. The van der Waals surface area contributed by atoms with Crippen LogP contribution in [0.3, 0.4) is 0 Å². The summed E-state index contributed by atoms with van der Waals surface area (Å²) >= 11 is 5.74. The highest BCUT2D eigenvalue weighted by atomic mass is 35.5. The van der Waals surface area contributed by atoms with E-state index in [1.54, 1.807) is 0 Å². The molecule has 0 bridgehead atoms. The molecule has 162 valence electrons. The lowest BCUT2D eigenvalue weighted by molar-refractivity contribution is 0.102. The average molecular weight is 455 g/mol. The zero-order chi connectivity index (χ0) is 21.9. The van der Waals surface area contributed by atoms with E-state index in [4.69, 9.17) is 16.3 Å². The minimum atomic E-state index is -3.93. The molecule has 6 nitrogen and oxygen atoms in total. The third-order valence-electron chi connectivity index (χ3n) is 5.33. The van der Waals surface area contributed by atoms with E-state index in [2.05, 4.69) is 10.0 Å². The maximum atomic E-state index is 14.1. The van der Waals surface area contributed by atoms with Crippen LogP contribution in [0.25, 0.3) is 0 Å². The number of hydrogen-bond donors (Lipinski definition) is 2. The molecule has 3 rings (SSSR count). The van der Waals surface area contributed by atoms with Gasteiger partial charge >= 0.3 is 0 Å². The van der Waals surface area contributed by atoms with Gasteiger partial charge in [0.2, 0.25) is 10.0 Å². The van der Waals surface area contributed by atoms with Gasteiger partial charge in [-0.25, -0.2) is 17.5 Å². The quantitative estimate of drug-likeness (QED) is 0.668. The maximum Gasteiger partial charge on any atom is 0.255 e. The SMILES string of the molecule is COc1ccc(C(=O)Nc2cccc(Cl)c2F)cc1S(=O)(=O)NC1CCCCC1C. The molecule has 9 heteroatoms. The fourth-order valence-electron chi connectivity index (χ4n) is 3.58. The van der Waals surface area contributed by atoms with Crippen LogP contribution in [0, 0.1) is 11.7 Å². The Morgan fingerprint density at radius 2 is 1.93 bits per heavy atom. The number of rotatable bonds is 6. The van der Waals surface area contributed by atoms with Crippen LogP contribution >= 0.6 is 11.6 Å². The van der Waals surface area contributed by atoms with E-state index in [0.717, 1.165) is 25.7 Å². The van der Waals surface area contributed by atoms with Crippen molar-refractivity contribution >= 4 is 33.2 Å². The Hall–Kier alpha value is -2.16. The molecule has 30 heavy (non-hydrogen) atoms. The van der Waals surface area contributed by atoms with E-state index < -0.39 is 21.7 Å². The molecule has 0 saturated heterocycles. The van der Waals surface area contributed by atoms with E-state index in [9.17, 15) is 17.6 Å². The first-order valence-electron chi connectivity index (χ1n) is 9.68. The summed E-state index contributed by atoms with van der Waals surface area (Å²) < 4.78 is 48.2. The molecular formula is C21H24ClFN2O4S. The first-order valence-corrected chi connectivity index (χ1v) is 11.5. The number of benzene rings is 2. The molecule has 1 aliphatic carbocycles. The molecular weight excluding hydrogens is 431 g/mol. The summed E-state index contributed by atoms with van der Waals surface area (Å²) in [6.45, 7) is 2.02. The van der Waals surface area contributed by atoms with Gasteiger partial charge in [-0.2, -0.15) is 0 Å². The second kappa shape index (κ2) is 9.32. The van der Waals surface area contributed by atoms with Crippen LogP contribution < -0.4 is 14.8 Å². The van der Waals surface area contributed by atoms with Crippen LogP contribution in [0.5, 0.6) is 5.75 Å². The zero-order valence-corrected chi connectivity index (χ0v) is 18.3. The second-order valence-corrected chi connectivity index (χ2v) is 9.50. The van der Waals surface area contributed by atoms with Gasteiger partial charge in [-0.15, -0.1) is 0 Å². The molecule has 2 aromatic rings. The number of methoxy groups -OCH3 is 1. The molecule has 1 amide bonds. The molecule has 0 aromatic heterocycles. The van der Waals surface area contributed by atoms with Gasteiger partial charge in [0.25, 0.3) is 5.91 Å². The topological polar surface area (TPSA) is 84.5 Å². The zero-order valence-electron chi connectivity index (χ0n) is 16.7. The van der Waals surface area contributed by atoms with E-state index in [1.807, 2.05) is 6.92 Å². The highest BCUT2D eigenvalue weighted by Crippen LogP contribution is 2.29. The summed E-state index contributed by atoms with van der Waals surface area (Å²) in [4.78, 5) is 12.5. The normalized spacial score (nSPS) is 19.3. The molecule has 0 spiro atoms. The van der Waals surface area contributed by atoms with Crippen LogP contribution in [-0.2, 0) is 10.0 Å². The van der Waals surface area contributed by atoms with E-state index >= 15 is 0 Å². The van der Waals surface area contributed by atoms with Gasteiger partial charge in [-0.05, 0) is 49.1 Å². The average Bonchev–Trinajstić information content (AvgIpc) is 2.72. The minimum Gasteiger partial charge on any atom is -0.495 e. The van der Waals surface area contributed by atoms with Crippen molar-refractivity contribution in [3.8, 4) is 5.75 Å². The fraction of sp³-hybridized carbons (Fsp3) is 0.381. The number of ether oxygens (including phenoxy) is 1. The Morgan fingerprint density at radius 3 is 2.63 bits per heavy atom. The minimum absolute atomic E-state index is 0.0484. The molecule has 1 aliphatic rings. The van der Waals surface area contributed by atoms with Crippen LogP contribution in [-0.4, -0.2) is 27.5 Å². The number of nitrogens with one attached hydrogen (secondary N) is 2. The van der Waals surface area contributed by atoms with Crippen LogP contribution in [0.4, 0.5) is 10.1 Å². The lowest BCUT2D eigenvalue weighted by atomic mass is 9.87. The van der Waals surface area contributed by atoms with Gasteiger partial charge in [0.05, 0.1) is 17.8 Å². The first kappa shape index (κ1) is 22.5. The van der Waals surface area contributed by atoms with Crippen molar-refractivity contribution in [2.45, 2.75) is 43.5 Å². The Bertz CT molecular complexity index is 1050. The lowest BCUT2D eigenvalue weighted by Gasteiger charge is -2.29. The van der Waals surface area contributed by atoms with Gasteiger partial charge in [0, 0.05) is 11.6 Å². The first-order chi connectivity index (χ1) is 14.2. The standard InChI is InChI=1S/C21H24ClFN2O4S/c1-13-6-3-4-8-16(13)25-30(27,28)19-12-14(10-11-18(19)29-2)21(26)24-17-9-5-7-15(22)20(17)23/h5,7,9-13,16,25H,3-4,6,8H2,1-2H3,(H,24,26). The second-order valence-electron chi connectivity index (χ2n) is 7.41. The largest absolute Gasteiger partial charge is 0.495 e. The van der Waals surface area contributed by atoms with E-state index in [1.165, 1.54) is 43.5 Å². The highest BCUT2D eigenvalue weighted by Gasteiger charge is 2.29. The Morgan fingerprint density at radius 1 is 1.20 bits per heavy atom. The predicted octanol–water partition coefficient (Wildman–Crippen LogP) is 4.60. The molecule has 2 N–H and O–H groups in total. The Labute approximate surface area is 180 Å². The van der Waals surface area contributed by atoms with E-state index in [0.29, 0.717) is 0 Å². The van der Waals surface area contributed by atoms with Crippen LogP contribution in [0.1, 0.15) is 43.0 Å². The van der Waals surface area contributed by atoms with Gasteiger partial charge in [0.1, 0.15) is 10.6 Å². The van der Waals surface area contributed by atoms with Crippen molar-refractivity contribution in [3.05, 3.63) is 52.8 Å². The van der Waals surface area contributed by atoms with Gasteiger partial charge in [0.15, 0.2) is 5.82 Å². The Balaban J connectivity index is 1.89. The fourth-order valence-corrected chi connectivity index (χ4v) is 5.33. The molecule has 1 fully saturated rings. The van der Waals surface area contributed by atoms with E-state index in [-0.39, 0.29) is 38.9 Å².